The Morgan fingerprint density at radius 2 is 2.23 bits per heavy atom. The quantitative estimate of drug-likeness (QED) is 0.941. The minimum atomic E-state index is -4.37. The fourth-order valence-corrected chi connectivity index (χ4v) is 3.35. The number of thiazole rings is 1. The maximum atomic E-state index is 12.6. The molecule has 3 rings (SSSR count). The van der Waals surface area contributed by atoms with Gasteiger partial charge in [-0.3, -0.25) is 9.88 Å². The molecule has 0 spiro atoms. The molecule has 0 amide bonds. The average molecular weight is 328 g/mol. The summed E-state index contributed by atoms with van der Waals surface area (Å²) in [4.78, 5) is 10.4. The van der Waals surface area contributed by atoms with Crippen molar-refractivity contribution in [2.24, 2.45) is 0 Å². The van der Waals surface area contributed by atoms with Crippen LogP contribution in [0.4, 0.5) is 13.2 Å². The third-order valence-corrected chi connectivity index (χ3v) is 4.61. The molecule has 1 saturated heterocycles. The zero-order chi connectivity index (χ0) is 15.6. The number of piperazine rings is 1. The number of hydrogen-bond acceptors (Lipinski definition) is 5. The van der Waals surface area contributed by atoms with E-state index in [0.29, 0.717) is 22.8 Å². The molecule has 0 bridgehead atoms. The second-order valence-corrected chi connectivity index (χ2v) is 6.22. The summed E-state index contributed by atoms with van der Waals surface area (Å²) in [6.07, 6.45) is 0.478. The lowest BCUT2D eigenvalue weighted by atomic mass is 10.1. The average Bonchev–Trinajstić information content (AvgIpc) is 2.97. The molecule has 2 aromatic rings. The van der Waals surface area contributed by atoms with Crippen LogP contribution in [0, 0.1) is 0 Å². The van der Waals surface area contributed by atoms with Crippen molar-refractivity contribution in [3.05, 3.63) is 46.2 Å². The molecule has 1 unspecified atom stereocenters. The van der Waals surface area contributed by atoms with E-state index in [1.807, 2.05) is 12.1 Å². The van der Waals surface area contributed by atoms with Crippen LogP contribution in [0.2, 0.25) is 0 Å². The van der Waals surface area contributed by atoms with Gasteiger partial charge in [0.15, 0.2) is 5.01 Å². The predicted molar refractivity (Wildman–Crippen MR) is 77.4 cm³/mol. The summed E-state index contributed by atoms with van der Waals surface area (Å²) in [7, 11) is 0. The van der Waals surface area contributed by atoms with Crippen LogP contribution in [-0.2, 0) is 12.7 Å². The number of rotatable bonds is 3. The second-order valence-electron chi connectivity index (χ2n) is 5.11. The van der Waals surface area contributed by atoms with Crippen molar-refractivity contribution in [2.45, 2.75) is 18.8 Å². The van der Waals surface area contributed by atoms with Gasteiger partial charge in [0.05, 0.1) is 0 Å². The maximum absolute atomic E-state index is 12.6. The van der Waals surface area contributed by atoms with E-state index in [0.717, 1.165) is 25.2 Å². The second kappa shape index (κ2) is 6.31. The van der Waals surface area contributed by atoms with Crippen molar-refractivity contribution >= 4 is 11.3 Å². The van der Waals surface area contributed by atoms with Crippen LogP contribution >= 0.6 is 11.3 Å². The topological polar surface area (TPSA) is 41.1 Å². The highest BCUT2D eigenvalue weighted by atomic mass is 32.1. The molecule has 1 atom stereocenters. The number of halogens is 3. The Bertz CT molecular complexity index is 614. The molecule has 0 aliphatic carbocycles. The lowest BCUT2D eigenvalue weighted by Crippen LogP contribution is -2.45. The Morgan fingerprint density at radius 1 is 1.36 bits per heavy atom. The van der Waals surface area contributed by atoms with Gasteiger partial charge in [-0.25, -0.2) is 4.98 Å². The highest BCUT2D eigenvalue weighted by Crippen LogP contribution is 2.33. The smallest absolute Gasteiger partial charge is 0.314 e. The first-order valence-corrected chi connectivity index (χ1v) is 7.72. The number of hydrogen-bond donors (Lipinski definition) is 1. The zero-order valence-corrected chi connectivity index (χ0v) is 12.5. The van der Waals surface area contributed by atoms with Crippen LogP contribution in [0.5, 0.6) is 0 Å². The molecule has 118 valence electrons. The lowest BCUT2D eigenvalue weighted by molar-refractivity contribution is -0.137. The molecule has 3 heterocycles. The fraction of sp³-hybridized carbons (Fsp3) is 0.429. The molecule has 0 aromatic carbocycles. The Morgan fingerprint density at radius 3 is 2.91 bits per heavy atom. The van der Waals surface area contributed by atoms with Gasteiger partial charge in [0.25, 0.3) is 0 Å². The lowest BCUT2D eigenvalue weighted by Gasteiger charge is -2.35. The maximum Gasteiger partial charge on any atom is 0.443 e. The van der Waals surface area contributed by atoms with Crippen LogP contribution in [0.3, 0.4) is 0 Å². The highest BCUT2D eigenvalue weighted by Gasteiger charge is 2.35. The van der Waals surface area contributed by atoms with Crippen LogP contribution in [-0.4, -0.2) is 34.5 Å². The van der Waals surface area contributed by atoms with Gasteiger partial charge in [-0.1, -0.05) is 6.07 Å². The van der Waals surface area contributed by atoms with Crippen molar-refractivity contribution in [3.8, 4) is 0 Å². The molecule has 1 aliphatic heterocycles. The van der Waals surface area contributed by atoms with E-state index in [1.165, 1.54) is 6.20 Å². The summed E-state index contributed by atoms with van der Waals surface area (Å²) < 4.78 is 37.9. The number of pyridine rings is 1. The first kappa shape index (κ1) is 15.4. The van der Waals surface area contributed by atoms with Crippen LogP contribution < -0.4 is 5.32 Å². The predicted octanol–water partition coefficient (Wildman–Crippen LogP) is 2.70. The minimum Gasteiger partial charge on any atom is -0.314 e. The molecule has 22 heavy (non-hydrogen) atoms. The third-order valence-electron chi connectivity index (χ3n) is 3.58. The van der Waals surface area contributed by atoms with Gasteiger partial charge in [0, 0.05) is 55.7 Å². The van der Waals surface area contributed by atoms with Crippen molar-refractivity contribution in [3.63, 3.8) is 0 Å². The molecule has 1 N–H and O–H groups in total. The van der Waals surface area contributed by atoms with Gasteiger partial charge in [-0.05, 0) is 11.6 Å². The molecule has 0 radical (unpaired) electrons. The molecule has 8 heteroatoms. The molecule has 1 aliphatic rings. The first-order valence-electron chi connectivity index (χ1n) is 6.90. The van der Waals surface area contributed by atoms with Crippen molar-refractivity contribution in [2.75, 3.05) is 19.6 Å². The number of nitrogens with zero attached hydrogens (tertiary/aromatic N) is 3. The first-order chi connectivity index (χ1) is 10.5. The van der Waals surface area contributed by atoms with E-state index in [-0.39, 0.29) is 6.04 Å². The highest BCUT2D eigenvalue weighted by molar-refractivity contribution is 7.11. The standard InChI is InChI=1S/C14H15F3N4S/c15-14(16,17)13-20-7-11(22-13)9-21-5-4-19-8-12(21)10-2-1-3-18-6-10/h1-3,6-7,12,19H,4-5,8-9H2. The normalized spacial score (nSPS) is 20.2. The van der Waals surface area contributed by atoms with Crippen molar-refractivity contribution in [1.29, 1.82) is 0 Å². The van der Waals surface area contributed by atoms with Gasteiger partial charge < -0.3 is 5.32 Å². The molecular formula is C14H15F3N4S. The van der Waals surface area contributed by atoms with Gasteiger partial charge >= 0.3 is 6.18 Å². The summed E-state index contributed by atoms with van der Waals surface area (Å²) in [6, 6.07) is 3.97. The van der Waals surface area contributed by atoms with Gasteiger partial charge in [-0.2, -0.15) is 13.2 Å². The third kappa shape index (κ3) is 3.45. The Kier molecular flexibility index (Phi) is 4.42. The zero-order valence-electron chi connectivity index (χ0n) is 11.7. The van der Waals surface area contributed by atoms with E-state index in [4.69, 9.17) is 0 Å². The van der Waals surface area contributed by atoms with E-state index in [9.17, 15) is 13.2 Å². The van der Waals surface area contributed by atoms with Crippen LogP contribution in [0.1, 0.15) is 21.5 Å². The molecule has 4 nitrogen and oxygen atoms in total. The summed E-state index contributed by atoms with van der Waals surface area (Å²) in [5, 5.41) is 2.53. The van der Waals surface area contributed by atoms with Crippen LogP contribution in [0.25, 0.3) is 0 Å². The van der Waals surface area contributed by atoms with E-state index in [2.05, 4.69) is 20.2 Å². The van der Waals surface area contributed by atoms with Gasteiger partial charge in [0.2, 0.25) is 0 Å². The Labute approximate surface area is 130 Å². The number of alkyl halides is 3. The summed E-state index contributed by atoms with van der Waals surface area (Å²) in [5.74, 6) is 0. The van der Waals surface area contributed by atoms with Crippen molar-refractivity contribution in [1.82, 2.24) is 20.2 Å². The van der Waals surface area contributed by atoms with Crippen molar-refractivity contribution < 1.29 is 13.2 Å². The molecule has 0 saturated carbocycles. The largest absolute Gasteiger partial charge is 0.443 e. The minimum absolute atomic E-state index is 0.110. The van der Waals surface area contributed by atoms with Gasteiger partial charge in [0.1, 0.15) is 0 Å². The monoisotopic (exact) mass is 328 g/mol. The fourth-order valence-electron chi connectivity index (χ4n) is 2.55. The molecule has 1 fully saturated rings. The Hall–Kier alpha value is -1.51. The summed E-state index contributed by atoms with van der Waals surface area (Å²) >= 11 is 0.717. The molecular weight excluding hydrogens is 313 g/mol. The number of nitrogens with one attached hydrogen (secondary N) is 1. The SMILES string of the molecule is FC(F)(F)c1ncc(CN2CCNCC2c2cccnc2)s1. The van der Waals surface area contributed by atoms with E-state index in [1.54, 1.807) is 12.4 Å². The summed E-state index contributed by atoms with van der Waals surface area (Å²) in [5.41, 5.74) is 1.07. The summed E-state index contributed by atoms with van der Waals surface area (Å²) in [6.45, 7) is 2.83. The Balaban J connectivity index is 1.76. The van der Waals surface area contributed by atoms with Gasteiger partial charge in [-0.15, -0.1) is 11.3 Å². The van der Waals surface area contributed by atoms with E-state index < -0.39 is 11.2 Å². The van der Waals surface area contributed by atoms with Crippen LogP contribution in [0.15, 0.2) is 30.7 Å². The molecule has 2 aromatic heterocycles. The number of aromatic nitrogens is 2. The van der Waals surface area contributed by atoms with E-state index >= 15 is 0 Å².